The summed E-state index contributed by atoms with van der Waals surface area (Å²) in [6.45, 7) is 8.92. The second-order valence-corrected chi connectivity index (χ2v) is 10.1. The Labute approximate surface area is 187 Å². The van der Waals surface area contributed by atoms with Crippen LogP contribution >= 0.6 is 0 Å². The van der Waals surface area contributed by atoms with E-state index < -0.39 is 5.41 Å². The molecule has 32 heavy (non-hydrogen) atoms. The minimum Gasteiger partial charge on any atom is -0.492 e. The summed E-state index contributed by atoms with van der Waals surface area (Å²) in [4.78, 5) is 29.4. The highest BCUT2D eigenvalue weighted by Crippen LogP contribution is 2.51. The molecule has 1 aliphatic carbocycles. The summed E-state index contributed by atoms with van der Waals surface area (Å²) in [5.41, 5.74) is 4.63. The molecule has 0 saturated heterocycles. The molecule has 2 aliphatic rings. The number of Topliss-reactive ketones (excluding diaryl/α,β-unsaturated/α-hetero) is 1. The average molecular weight is 432 g/mol. The van der Waals surface area contributed by atoms with Gasteiger partial charge >= 0.3 is 0 Å². The zero-order chi connectivity index (χ0) is 22.8. The van der Waals surface area contributed by atoms with Crippen molar-refractivity contribution in [1.29, 1.82) is 0 Å². The van der Waals surface area contributed by atoms with Crippen LogP contribution in [0, 0.1) is 6.92 Å². The number of aryl methyl sites for hydroxylation is 1. The second kappa shape index (κ2) is 6.94. The van der Waals surface area contributed by atoms with Crippen LogP contribution in [-0.4, -0.2) is 23.3 Å². The number of ether oxygens (including phenoxy) is 1. The van der Waals surface area contributed by atoms with Gasteiger partial charge in [-0.15, -0.1) is 0 Å². The number of hydrogen-bond acceptors (Lipinski definition) is 4. The molecule has 1 fully saturated rings. The zero-order valence-electron chi connectivity index (χ0n) is 19.0. The van der Waals surface area contributed by atoms with E-state index in [1.165, 1.54) is 5.01 Å². The molecule has 1 aliphatic heterocycles. The van der Waals surface area contributed by atoms with Gasteiger partial charge in [0.05, 0.1) is 23.3 Å². The first kappa shape index (κ1) is 20.8. The Morgan fingerprint density at radius 3 is 2.59 bits per heavy atom. The number of hydrogen-bond donors (Lipinski definition) is 2. The van der Waals surface area contributed by atoms with E-state index in [0.29, 0.717) is 42.9 Å². The molecule has 6 nitrogen and oxygen atoms in total. The third-order valence-corrected chi connectivity index (χ3v) is 6.79. The van der Waals surface area contributed by atoms with E-state index in [-0.39, 0.29) is 17.1 Å². The Kier molecular flexibility index (Phi) is 4.50. The molecule has 1 saturated carbocycles. The third kappa shape index (κ3) is 3.21. The number of benzene rings is 2. The van der Waals surface area contributed by atoms with Crippen molar-refractivity contribution < 1.29 is 14.3 Å². The smallest absolute Gasteiger partial charge is 0.251 e. The van der Waals surface area contributed by atoms with Gasteiger partial charge in [-0.1, -0.05) is 26.8 Å². The van der Waals surface area contributed by atoms with Crippen molar-refractivity contribution in [3.05, 3.63) is 58.8 Å². The highest BCUT2D eigenvalue weighted by molar-refractivity contribution is 6.05. The summed E-state index contributed by atoms with van der Waals surface area (Å²) in [7, 11) is 0. The van der Waals surface area contributed by atoms with E-state index in [0.717, 1.165) is 27.7 Å². The van der Waals surface area contributed by atoms with Crippen LogP contribution in [-0.2, 0) is 15.6 Å². The van der Waals surface area contributed by atoms with Crippen molar-refractivity contribution in [2.24, 2.45) is 5.84 Å². The lowest BCUT2D eigenvalue weighted by molar-refractivity contribution is -0.121. The molecule has 6 heteroatoms. The fourth-order valence-corrected chi connectivity index (χ4v) is 4.61. The summed E-state index contributed by atoms with van der Waals surface area (Å²) in [5, 5.41) is 2.32. The number of carbonyl (C=O) groups excluding carboxylic acids is 2. The van der Waals surface area contributed by atoms with Gasteiger partial charge in [-0.25, -0.2) is 10.9 Å². The highest BCUT2D eigenvalue weighted by Gasteiger charge is 2.53. The molecule has 0 spiro atoms. The number of nitrogens with one attached hydrogen (secondary N) is 1. The number of aromatic nitrogens is 1. The molecule has 2 heterocycles. The Balaban J connectivity index is 1.49. The lowest BCUT2D eigenvalue weighted by Crippen LogP contribution is -2.44. The van der Waals surface area contributed by atoms with E-state index in [1.807, 2.05) is 31.2 Å². The molecule has 0 bridgehead atoms. The van der Waals surface area contributed by atoms with Crippen LogP contribution in [0.15, 0.2) is 36.4 Å². The van der Waals surface area contributed by atoms with Gasteiger partial charge in [0.25, 0.3) is 5.91 Å². The summed E-state index contributed by atoms with van der Waals surface area (Å²) >= 11 is 0. The fourth-order valence-electron chi connectivity index (χ4n) is 4.61. The van der Waals surface area contributed by atoms with Crippen molar-refractivity contribution in [3.8, 4) is 5.75 Å². The van der Waals surface area contributed by atoms with Crippen molar-refractivity contribution in [3.63, 3.8) is 0 Å². The lowest BCUT2D eigenvalue weighted by atomic mass is 9.90. The van der Waals surface area contributed by atoms with Gasteiger partial charge in [-0.3, -0.25) is 9.59 Å². The van der Waals surface area contributed by atoms with Crippen LogP contribution < -0.4 is 15.6 Å². The number of ketones is 1. The van der Waals surface area contributed by atoms with Crippen LogP contribution in [0.3, 0.4) is 0 Å². The number of H-pyrrole nitrogens is 1. The molecular formula is C26H29N3O3. The van der Waals surface area contributed by atoms with Gasteiger partial charge < -0.3 is 9.72 Å². The van der Waals surface area contributed by atoms with Gasteiger partial charge in [0, 0.05) is 28.4 Å². The van der Waals surface area contributed by atoms with Crippen molar-refractivity contribution >= 4 is 28.3 Å². The molecule has 5 rings (SSSR count). The fraction of sp³-hybridized carbons (Fsp3) is 0.385. The molecule has 0 atom stereocenters. The summed E-state index contributed by atoms with van der Waals surface area (Å²) in [6, 6.07) is 11.6. The number of nitrogens with two attached hydrogens (primary N) is 1. The lowest BCUT2D eigenvalue weighted by Gasteiger charge is -2.25. The van der Waals surface area contributed by atoms with Gasteiger partial charge in [-0.2, -0.15) is 0 Å². The van der Waals surface area contributed by atoms with Crippen molar-refractivity contribution in [2.75, 3.05) is 11.6 Å². The first-order chi connectivity index (χ1) is 15.1. The predicted molar refractivity (Wildman–Crippen MR) is 125 cm³/mol. The number of amides is 1. The molecule has 166 valence electrons. The summed E-state index contributed by atoms with van der Waals surface area (Å²) in [6.07, 6.45) is 1.80. The highest BCUT2D eigenvalue weighted by atomic mass is 16.5. The molecule has 3 aromatic rings. The third-order valence-electron chi connectivity index (χ3n) is 6.79. The summed E-state index contributed by atoms with van der Waals surface area (Å²) in [5.74, 6) is 6.91. The Morgan fingerprint density at radius 1 is 1.16 bits per heavy atom. The Hall–Kier alpha value is -3.12. The standard InChI is InChI=1S/C26H29N3O3/c1-15-11-18(12-16-13-22(25(2,3)4)28-23(15)16)29(27)24(31)26(8-9-26)17-5-6-21-19(14-17)20(30)7-10-32-21/h5-6,11-14,28H,7-10,27H2,1-4H3. The molecule has 3 N–H and O–H groups in total. The van der Waals surface area contributed by atoms with Crippen LogP contribution in [0.4, 0.5) is 5.69 Å². The molecule has 0 radical (unpaired) electrons. The van der Waals surface area contributed by atoms with Crippen LogP contribution in [0.25, 0.3) is 10.9 Å². The first-order valence-electron chi connectivity index (χ1n) is 11.1. The van der Waals surface area contributed by atoms with Crippen LogP contribution in [0.5, 0.6) is 5.75 Å². The number of anilines is 1. The maximum Gasteiger partial charge on any atom is 0.251 e. The number of carbonyl (C=O) groups is 2. The quantitative estimate of drug-likeness (QED) is 0.358. The number of hydrazine groups is 1. The molecule has 2 aromatic carbocycles. The SMILES string of the molecule is Cc1cc(N(N)C(=O)C2(c3ccc4c(c3)C(=O)CCO4)CC2)cc2cc(C(C)(C)C)[nH]c12. The average Bonchev–Trinajstić information content (AvgIpc) is 3.43. The molecular weight excluding hydrogens is 402 g/mol. The minimum absolute atomic E-state index is 0.00445. The molecule has 1 aromatic heterocycles. The topological polar surface area (TPSA) is 88.4 Å². The van der Waals surface area contributed by atoms with Crippen LogP contribution in [0.2, 0.25) is 0 Å². The monoisotopic (exact) mass is 431 g/mol. The molecule has 0 unspecified atom stereocenters. The number of fused-ring (bicyclic) bond motifs is 2. The predicted octanol–water partition coefficient (Wildman–Crippen LogP) is 4.68. The van der Waals surface area contributed by atoms with Crippen molar-refractivity contribution in [1.82, 2.24) is 4.98 Å². The minimum atomic E-state index is -0.681. The van der Waals surface area contributed by atoms with Crippen molar-refractivity contribution in [2.45, 2.75) is 57.8 Å². The van der Waals surface area contributed by atoms with E-state index in [9.17, 15) is 9.59 Å². The Morgan fingerprint density at radius 2 is 1.91 bits per heavy atom. The van der Waals surface area contributed by atoms with Gasteiger partial charge in [-0.05, 0) is 61.2 Å². The number of nitrogens with zero attached hydrogens (tertiary/aromatic N) is 1. The van der Waals surface area contributed by atoms with E-state index >= 15 is 0 Å². The summed E-state index contributed by atoms with van der Waals surface area (Å²) < 4.78 is 5.60. The van der Waals surface area contributed by atoms with Gasteiger partial charge in [0.2, 0.25) is 0 Å². The van der Waals surface area contributed by atoms with E-state index in [2.05, 4.69) is 31.8 Å². The first-order valence-corrected chi connectivity index (χ1v) is 11.1. The largest absolute Gasteiger partial charge is 0.492 e. The zero-order valence-corrected chi connectivity index (χ0v) is 19.0. The van der Waals surface area contributed by atoms with Crippen LogP contribution in [0.1, 0.15) is 67.2 Å². The number of aromatic amines is 1. The maximum absolute atomic E-state index is 13.6. The van der Waals surface area contributed by atoms with Gasteiger partial charge in [0.1, 0.15) is 5.75 Å². The van der Waals surface area contributed by atoms with E-state index in [1.54, 1.807) is 6.07 Å². The van der Waals surface area contributed by atoms with Gasteiger partial charge in [0.15, 0.2) is 5.78 Å². The Bertz CT molecular complexity index is 1260. The normalized spacial score (nSPS) is 17.1. The number of rotatable bonds is 3. The second-order valence-electron chi connectivity index (χ2n) is 10.1. The molecule has 1 amide bonds. The maximum atomic E-state index is 13.6. The van der Waals surface area contributed by atoms with E-state index in [4.69, 9.17) is 10.6 Å².